The number of nitrogens with one attached hydrogen (secondary N) is 1. The average molecular weight is 489 g/mol. The largest absolute Gasteiger partial charge is 0.470 e. The topological polar surface area (TPSA) is 67.4 Å². The van der Waals surface area contributed by atoms with E-state index in [-0.39, 0.29) is 5.91 Å². The van der Waals surface area contributed by atoms with E-state index in [4.69, 9.17) is 9.72 Å². The van der Waals surface area contributed by atoms with Crippen molar-refractivity contribution in [2.45, 2.75) is 77.2 Å². The van der Waals surface area contributed by atoms with Gasteiger partial charge in [-0.05, 0) is 76.7 Å². The zero-order valence-electron chi connectivity index (χ0n) is 19.7. The Morgan fingerprint density at radius 3 is 2.67 bits per heavy atom. The highest BCUT2D eigenvalue weighted by molar-refractivity contribution is 7.13. The maximum absolute atomic E-state index is 12.3. The molecule has 0 aromatic carbocycles. The quantitative estimate of drug-likeness (QED) is 0.566. The number of ether oxygens (including phenoxy) is 1. The minimum absolute atomic E-state index is 0.147. The molecule has 3 heterocycles. The van der Waals surface area contributed by atoms with Crippen molar-refractivity contribution >= 4 is 28.6 Å². The first-order valence-corrected chi connectivity index (χ1v) is 14.3. The second kappa shape index (κ2) is 10.8. The third kappa shape index (κ3) is 6.76. The number of fused-ring (bicyclic) bond motifs is 1. The van der Waals surface area contributed by atoms with E-state index in [1.54, 1.807) is 22.7 Å². The van der Waals surface area contributed by atoms with Crippen molar-refractivity contribution in [3.8, 4) is 5.19 Å². The average Bonchev–Trinajstić information content (AvgIpc) is 3.48. The van der Waals surface area contributed by atoms with E-state index < -0.39 is 0 Å². The molecular formula is C25H36N4O2S2. The van der Waals surface area contributed by atoms with Crippen molar-refractivity contribution in [1.29, 1.82) is 0 Å². The summed E-state index contributed by atoms with van der Waals surface area (Å²) in [6.07, 6.45) is 13.1. The van der Waals surface area contributed by atoms with Crippen molar-refractivity contribution < 1.29 is 9.53 Å². The van der Waals surface area contributed by atoms with Crippen LogP contribution in [-0.2, 0) is 24.1 Å². The Labute approximate surface area is 205 Å². The van der Waals surface area contributed by atoms with Crippen LogP contribution in [0.15, 0.2) is 6.20 Å². The zero-order chi connectivity index (χ0) is 22.6. The van der Waals surface area contributed by atoms with Crippen molar-refractivity contribution in [3.63, 3.8) is 0 Å². The van der Waals surface area contributed by atoms with Crippen molar-refractivity contribution in [3.05, 3.63) is 26.7 Å². The number of rotatable bonds is 9. The number of aromatic nitrogens is 2. The van der Waals surface area contributed by atoms with Gasteiger partial charge in [-0.3, -0.25) is 4.79 Å². The summed E-state index contributed by atoms with van der Waals surface area (Å²) in [6, 6.07) is 0.347. The maximum atomic E-state index is 12.3. The van der Waals surface area contributed by atoms with Gasteiger partial charge in [0.25, 0.3) is 5.19 Å². The molecule has 1 amide bonds. The molecule has 3 aliphatic rings. The van der Waals surface area contributed by atoms with Gasteiger partial charge in [0.05, 0.1) is 23.7 Å². The van der Waals surface area contributed by atoms with E-state index in [2.05, 4.69) is 15.2 Å². The van der Waals surface area contributed by atoms with Gasteiger partial charge in [0.1, 0.15) is 0 Å². The van der Waals surface area contributed by atoms with E-state index in [0.717, 1.165) is 72.3 Å². The minimum atomic E-state index is 0.147. The van der Waals surface area contributed by atoms with Gasteiger partial charge >= 0.3 is 0 Å². The molecule has 2 aromatic rings. The number of carbonyl (C=O) groups excluding carboxylic acids is 1. The van der Waals surface area contributed by atoms with Gasteiger partial charge in [-0.1, -0.05) is 11.3 Å². The summed E-state index contributed by atoms with van der Waals surface area (Å²) in [5, 5.41) is 5.17. The van der Waals surface area contributed by atoms with Gasteiger partial charge in [-0.15, -0.1) is 11.3 Å². The summed E-state index contributed by atoms with van der Waals surface area (Å²) >= 11 is 3.39. The molecule has 0 saturated heterocycles. The molecule has 0 bridgehead atoms. The predicted molar refractivity (Wildman–Crippen MR) is 133 cm³/mol. The lowest BCUT2D eigenvalue weighted by Gasteiger charge is -2.30. The number of amides is 1. The Balaban J connectivity index is 0.984. The van der Waals surface area contributed by atoms with Crippen LogP contribution in [0.3, 0.4) is 0 Å². The van der Waals surface area contributed by atoms with E-state index in [1.165, 1.54) is 49.2 Å². The van der Waals surface area contributed by atoms with Crippen LogP contribution in [0.5, 0.6) is 5.19 Å². The van der Waals surface area contributed by atoms with Gasteiger partial charge < -0.3 is 15.0 Å². The second-order valence-corrected chi connectivity index (χ2v) is 12.4. The third-order valence-corrected chi connectivity index (χ3v) is 9.27. The second-order valence-electron chi connectivity index (χ2n) is 10.0. The molecule has 1 N–H and O–H groups in total. The van der Waals surface area contributed by atoms with Crippen LogP contribution in [0.1, 0.15) is 65.4 Å². The summed E-state index contributed by atoms with van der Waals surface area (Å²) in [7, 11) is 0. The summed E-state index contributed by atoms with van der Waals surface area (Å²) < 4.78 is 5.91. The number of carbonyl (C=O) groups is 1. The molecule has 6 nitrogen and oxygen atoms in total. The van der Waals surface area contributed by atoms with Gasteiger partial charge in [0, 0.05) is 41.5 Å². The summed E-state index contributed by atoms with van der Waals surface area (Å²) in [6.45, 7) is 6.28. The highest BCUT2D eigenvalue weighted by Gasteiger charge is 2.25. The van der Waals surface area contributed by atoms with E-state index in [1.807, 2.05) is 13.1 Å². The fourth-order valence-corrected chi connectivity index (χ4v) is 6.78. The first kappa shape index (κ1) is 23.2. The predicted octanol–water partition coefficient (Wildman–Crippen LogP) is 4.41. The number of nitrogens with zero attached hydrogens (tertiary/aromatic N) is 3. The number of hydrogen-bond donors (Lipinski definition) is 1. The van der Waals surface area contributed by atoms with Gasteiger partial charge in [-0.2, -0.15) is 0 Å². The van der Waals surface area contributed by atoms with Crippen LogP contribution < -0.4 is 10.1 Å². The lowest BCUT2D eigenvalue weighted by atomic mass is 9.84. The summed E-state index contributed by atoms with van der Waals surface area (Å²) in [5.74, 6) is 1.72. The number of aryl methyl sites for hydroxylation is 1. The molecule has 2 saturated carbocycles. The molecule has 0 spiro atoms. The fourth-order valence-electron chi connectivity index (χ4n) is 5.03. The molecule has 2 aromatic heterocycles. The van der Waals surface area contributed by atoms with Gasteiger partial charge in [-0.25, -0.2) is 9.97 Å². The molecular weight excluding hydrogens is 452 g/mol. The Morgan fingerprint density at radius 2 is 1.91 bits per heavy atom. The van der Waals surface area contributed by atoms with Crippen molar-refractivity contribution in [2.24, 2.45) is 11.8 Å². The number of hydrogen-bond acceptors (Lipinski definition) is 7. The molecule has 0 unspecified atom stereocenters. The molecule has 2 aliphatic carbocycles. The lowest BCUT2D eigenvalue weighted by Crippen LogP contribution is -2.38. The van der Waals surface area contributed by atoms with Crippen LogP contribution in [0.2, 0.25) is 0 Å². The Morgan fingerprint density at radius 1 is 1.12 bits per heavy atom. The molecule has 0 radical (unpaired) electrons. The van der Waals surface area contributed by atoms with E-state index in [0.29, 0.717) is 12.5 Å². The molecule has 0 atom stereocenters. The van der Waals surface area contributed by atoms with Crippen LogP contribution in [0.4, 0.5) is 0 Å². The Bertz CT molecular complexity index is 905. The molecule has 1 aliphatic heterocycles. The molecule has 2 fully saturated rings. The zero-order valence-corrected chi connectivity index (χ0v) is 21.3. The molecule has 180 valence electrons. The lowest BCUT2D eigenvalue weighted by molar-refractivity contribution is -0.121. The monoisotopic (exact) mass is 488 g/mol. The van der Waals surface area contributed by atoms with E-state index in [9.17, 15) is 4.79 Å². The molecule has 33 heavy (non-hydrogen) atoms. The Hall–Kier alpha value is -1.51. The first-order valence-electron chi connectivity index (χ1n) is 12.6. The summed E-state index contributed by atoms with van der Waals surface area (Å²) in [4.78, 5) is 26.5. The smallest absolute Gasteiger partial charge is 0.273 e. The minimum Gasteiger partial charge on any atom is -0.470 e. The van der Waals surface area contributed by atoms with Crippen LogP contribution in [0, 0.1) is 18.8 Å². The van der Waals surface area contributed by atoms with Crippen molar-refractivity contribution in [2.75, 3.05) is 26.2 Å². The van der Waals surface area contributed by atoms with Crippen LogP contribution in [0.25, 0.3) is 0 Å². The highest BCUT2D eigenvalue weighted by atomic mass is 32.1. The maximum Gasteiger partial charge on any atom is 0.273 e. The van der Waals surface area contributed by atoms with E-state index >= 15 is 0 Å². The Kier molecular flexibility index (Phi) is 7.62. The SMILES string of the molecule is Cc1ncc(CC(=O)NC2CCC(CCN3CCc4nc(OCC5CC5)sc4CC3)CC2)s1. The normalized spacial score (nSPS) is 23.7. The van der Waals surface area contributed by atoms with Gasteiger partial charge in [0.2, 0.25) is 5.91 Å². The third-order valence-electron chi connectivity index (χ3n) is 7.29. The first-order chi connectivity index (χ1) is 16.1. The summed E-state index contributed by atoms with van der Waals surface area (Å²) in [5.41, 5.74) is 1.28. The van der Waals surface area contributed by atoms with Crippen LogP contribution >= 0.6 is 22.7 Å². The standard InChI is InChI=1S/C25H36N4O2S2/c1-17-26-15-21(32-17)14-24(30)27-20-6-4-18(5-7-20)8-11-29-12-9-22-23(10-13-29)33-25(28-22)31-16-19-2-3-19/h15,18-20H,2-14,16H2,1H3,(H,27,30). The fraction of sp³-hybridized carbons (Fsp3) is 0.720. The molecule has 5 rings (SSSR count). The molecule has 8 heteroatoms. The number of thiazole rings is 2. The van der Waals surface area contributed by atoms with Gasteiger partial charge in [0.15, 0.2) is 0 Å². The van der Waals surface area contributed by atoms with Crippen molar-refractivity contribution in [1.82, 2.24) is 20.2 Å². The highest BCUT2D eigenvalue weighted by Crippen LogP contribution is 2.33. The van der Waals surface area contributed by atoms with Crippen LogP contribution in [-0.4, -0.2) is 53.1 Å².